The van der Waals surface area contributed by atoms with Crippen LogP contribution in [0.5, 0.6) is 0 Å². The number of likely N-dealkylation sites (N-methyl/N-ethyl adjacent to an activating group) is 1. The van der Waals surface area contributed by atoms with Crippen molar-refractivity contribution in [3.63, 3.8) is 0 Å². The van der Waals surface area contributed by atoms with E-state index in [1.54, 1.807) is 49.7 Å². The molecule has 0 spiro atoms. The maximum absolute atomic E-state index is 12.6. The molecule has 126 valence electrons. The number of nitrogens with one attached hydrogen (secondary N) is 1. The van der Waals surface area contributed by atoms with Crippen molar-refractivity contribution in [3.8, 4) is 0 Å². The number of nitrogens with zero attached hydrogens (tertiary/aromatic N) is 1. The molecule has 1 aliphatic heterocycles. The molecule has 2 heterocycles. The van der Waals surface area contributed by atoms with Crippen molar-refractivity contribution in [2.45, 2.75) is 18.7 Å². The molecule has 24 heavy (non-hydrogen) atoms. The second-order valence-corrected chi connectivity index (χ2v) is 5.97. The van der Waals surface area contributed by atoms with Crippen molar-refractivity contribution in [1.29, 1.82) is 0 Å². The Kier molecular flexibility index (Phi) is 4.87. The summed E-state index contributed by atoms with van der Waals surface area (Å²) in [5.74, 6) is 0.169. The molecule has 2 amide bonds. The molecule has 0 bridgehead atoms. The van der Waals surface area contributed by atoms with Crippen molar-refractivity contribution in [3.05, 3.63) is 59.0 Å². The standard InChI is InChI=1S/C17H17ClN2O4/c1-20-14(21)10-24-16(15(20)11-4-6-12(18)7-5-11)17(22)19-9-13-3-2-8-23-13/h2-8,15-16H,9-10H2,1H3,(H,19,22)/t15-,16+/m0/s1. The van der Waals surface area contributed by atoms with Gasteiger partial charge in [-0.25, -0.2) is 0 Å². The number of carbonyl (C=O) groups is 2. The molecule has 2 aromatic rings. The monoisotopic (exact) mass is 348 g/mol. The van der Waals surface area contributed by atoms with Gasteiger partial charge in [-0.1, -0.05) is 23.7 Å². The number of rotatable bonds is 4. The van der Waals surface area contributed by atoms with E-state index >= 15 is 0 Å². The third-order valence-electron chi connectivity index (χ3n) is 3.97. The smallest absolute Gasteiger partial charge is 0.252 e. The van der Waals surface area contributed by atoms with Gasteiger partial charge in [0.15, 0.2) is 6.10 Å². The number of ether oxygens (including phenoxy) is 1. The summed E-state index contributed by atoms with van der Waals surface area (Å²) in [5.41, 5.74) is 0.785. The molecule has 1 aromatic carbocycles. The molecule has 6 nitrogen and oxygen atoms in total. The van der Waals surface area contributed by atoms with Crippen LogP contribution in [0.4, 0.5) is 0 Å². The van der Waals surface area contributed by atoms with Crippen LogP contribution in [0.15, 0.2) is 47.1 Å². The highest BCUT2D eigenvalue weighted by Crippen LogP contribution is 2.30. The SMILES string of the molecule is CN1C(=O)CO[C@@H](C(=O)NCc2ccco2)[C@@H]1c1ccc(Cl)cc1. The minimum atomic E-state index is -0.802. The summed E-state index contributed by atoms with van der Waals surface area (Å²) < 4.78 is 10.7. The number of hydrogen-bond donors (Lipinski definition) is 1. The van der Waals surface area contributed by atoms with Crippen LogP contribution in [0.1, 0.15) is 17.4 Å². The Bertz CT molecular complexity index is 715. The van der Waals surface area contributed by atoms with Crippen LogP contribution < -0.4 is 5.32 Å². The molecular weight excluding hydrogens is 332 g/mol. The van der Waals surface area contributed by atoms with Crippen LogP contribution in [-0.2, 0) is 20.9 Å². The summed E-state index contributed by atoms with van der Waals surface area (Å²) in [6.07, 6.45) is 0.741. The van der Waals surface area contributed by atoms with E-state index in [1.807, 2.05) is 0 Å². The van der Waals surface area contributed by atoms with Gasteiger partial charge in [0.2, 0.25) is 5.91 Å². The average Bonchev–Trinajstić information content (AvgIpc) is 3.09. The molecule has 3 rings (SSSR count). The highest BCUT2D eigenvalue weighted by Gasteiger charge is 2.39. The molecule has 1 fully saturated rings. The van der Waals surface area contributed by atoms with Gasteiger partial charge >= 0.3 is 0 Å². The molecule has 7 heteroatoms. The summed E-state index contributed by atoms with van der Waals surface area (Å²) in [6, 6.07) is 10.0. The van der Waals surface area contributed by atoms with Gasteiger partial charge in [-0.15, -0.1) is 0 Å². The van der Waals surface area contributed by atoms with E-state index in [-0.39, 0.29) is 25.0 Å². The predicted molar refractivity (Wildman–Crippen MR) is 87.3 cm³/mol. The van der Waals surface area contributed by atoms with Crippen molar-refractivity contribution in [2.24, 2.45) is 0 Å². The zero-order valence-electron chi connectivity index (χ0n) is 13.1. The molecular formula is C17H17ClN2O4. The second-order valence-electron chi connectivity index (χ2n) is 5.53. The highest BCUT2D eigenvalue weighted by molar-refractivity contribution is 6.30. The van der Waals surface area contributed by atoms with E-state index in [2.05, 4.69) is 5.32 Å². The topological polar surface area (TPSA) is 71.8 Å². The third-order valence-corrected chi connectivity index (χ3v) is 4.22. The first-order valence-corrected chi connectivity index (χ1v) is 7.87. The molecule has 0 aliphatic carbocycles. The first-order chi connectivity index (χ1) is 11.6. The van der Waals surface area contributed by atoms with E-state index < -0.39 is 12.1 Å². The minimum Gasteiger partial charge on any atom is -0.467 e. The molecule has 1 saturated heterocycles. The van der Waals surface area contributed by atoms with Crippen LogP contribution in [0.2, 0.25) is 5.02 Å². The lowest BCUT2D eigenvalue weighted by Gasteiger charge is -2.38. The van der Waals surface area contributed by atoms with E-state index in [4.69, 9.17) is 20.8 Å². The van der Waals surface area contributed by atoms with E-state index in [0.29, 0.717) is 10.8 Å². The number of benzene rings is 1. The number of carbonyl (C=O) groups excluding carboxylic acids is 2. The molecule has 1 N–H and O–H groups in total. The van der Waals surface area contributed by atoms with Gasteiger partial charge in [-0.05, 0) is 29.8 Å². The summed E-state index contributed by atoms with van der Waals surface area (Å²) in [5, 5.41) is 3.37. The van der Waals surface area contributed by atoms with Crippen molar-refractivity contribution in [2.75, 3.05) is 13.7 Å². The second kappa shape index (κ2) is 7.07. The minimum absolute atomic E-state index is 0.126. The number of amides is 2. The third kappa shape index (κ3) is 3.44. The van der Waals surface area contributed by atoms with Gasteiger partial charge < -0.3 is 19.4 Å². The molecule has 2 atom stereocenters. The number of hydrogen-bond acceptors (Lipinski definition) is 4. The largest absolute Gasteiger partial charge is 0.467 e. The fourth-order valence-electron chi connectivity index (χ4n) is 2.68. The van der Waals surface area contributed by atoms with E-state index in [0.717, 1.165) is 5.56 Å². The highest BCUT2D eigenvalue weighted by atomic mass is 35.5. The van der Waals surface area contributed by atoms with Gasteiger partial charge in [0.1, 0.15) is 12.4 Å². The van der Waals surface area contributed by atoms with Crippen LogP contribution >= 0.6 is 11.6 Å². The van der Waals surface area contributed by atoms with E-state index in [1.165, 1.54) is 4.90 Å². The fraction of sp³-hybridized carbons (Fsp3) is 0.294. The van der Waals surface area contributed by atoms with Gasteiger partial charge in [-0.3, -0.25) is 9.59 Å². The van der Waals surface area contributed by atoms with Crippen LogP contribution in [0, 0.1) is 0 Å². The molecule has 1 aromatic heterocycles. The Balaban J connectivity index is 1.79. The van der Waals surface area contributed by atoms with Crippen molar-refractivity contribution < 1.29 is 18.7 Å². The zero-order valence-corrected chi connectivity index (χ0v) is 13.8. The Morgan fingerprint density at radius 3 is 2.75 bits per heavy atom. The molecule has 0 saturated carbocycles. The summed E-state index contributed by atoms with van der Waals surface area (Å²) >= 11 is 5.92. The van der Waals surface area contributed by atoms with Gasteiger partial charge in [0.05, 0.1) is 18.8 Å². The fourth-order valence-corrected chi connectivity index (χ4v) is 2.80. The van der Waals surface area contributed by atoms with E-state index in [9.17, 15) is 9.59 Å². The molecule has 0 radical (unpaired) electrons. The lowest BCUT2D eigenvalue weighted by Crippen LogP contribution is -2.52. The van der Waals surface area contributed by atoms with Crippen LogP contribution in [0.25, 0.3) is 0 Å². The number of halogens is 1. The van der Waals surface area contributed by atoms with Crippen molar-refractivity contribution >= 4 is 23.4 Å². The molecule has 0 unspecified atom stereocenters. The Labute approximate surface area is 144 Å². The lowest BCUT2D eigenvalue weighted by molar-refractivity contribution is -0.162. The average molecular weight is 349 g/mol. The Morgan fingerprint density at radius 1 is 1.33 bits per heavy atom. The normalized spacial score (nSPS) is 20.9. The van der Waals surface area contributed by atoms with Crippen LogP contribution in [-0.4, -0.2) is 36.5 Å². The summed E-state index contributed by atoms with van der Waals surface area (Å²) in [4.78, 5) is 26.1. The zero-order chi connectivity index (χ0) is 17.1. The maximum atomic E-state index is 12.6. The van der Waals surface area contributed by atoms with Gasteiger partial charge in [0, 0.05) is 12.1 Å². The summed E-state index contributed by atoms with van der Waals surface area (Å²) in [6.45, 7) is 0.135. The van der Waals surface area contributed by atoms with Gasteiger partial charge in [0.25, 0.3) is 5.91 Å². The molecule has 1 aliphatic rings. The first kappa shape index (κ1) is 16.5. The Hall–Kier alpha value is -2.31. The predicted octanol–water partition coefficient (Wildman–Crippen LogP) is 2.15. The van der Waals surface area contributed by atoms with Gasteiger partial charge in [-0.2, -0.15) is 0 Å². The summed E-state index contributed by atoms with van der Waals surface area (Å²) in [7, 11) is 1.66. The first-order valence-electron chi connectivity index (χ1n) is 7.49. The van der Waals surface area contributed by atoms with Crippen molar-refractivity contribution in [1.82, 2.24) is 10.2 Å². The lowest BCUT2D eigenvalue weighted by atomic mass is 9.97. The number of furan rings is 1. The van der Waals surface area contributed by atoms with Crippen LogP contribution in [0.3, 0.4) is 0 Å². The maximum Gasteiger partial charge on any atom is 0.252 e. The Morgan fingerprint density at radius 2 is 2.08 bits per heavy atom. The quantitative estimate of drug-likeness (QED) is 0.919. The number of morpholine rings is 1.